The van der Waals surface area contributed by atoms with Crippen LogP contribution in [0.1, 0.15) is 44.5 Å². The van der Waals surface area contributed by atoms with Gasteiger partial charge < -0.3 is 10.5 Å². The van der Waals surface area contributed by atoms with Gasteiger partial charge in [-0.1, -0.05) is 20.8 Å². The molecule has 1 atom stereocenters. The Hall–Kier alpha value is -1.36. The van der Waals surface area contributed by atoms with Gasteiger partial charge in [0.1, 0.15) is 0 Å². The molecular formula is C12H21N3O2. The van der Waals surface area contributed by atoms with Gasteiger partial charge >= 0.3 is 5.97 Å². The van der Waals surface area contributed by atoms with Crippen molar-refractivity contribution in [2.45, 2.75) is 38.6 Å². The molecule has 0 unspecified atom stereocenters. The first-order chi connectivity index (χ1) is 7.75. The maximum atomic E-state index is 11.2. The second-order valence-electron chi connectivity index (χ2n) is 5.24. The van der Waals surface area contributed by atoms with E-state index < -0.39 is 0 Å². The molecule has 5 heteroatoms. The largest absolute Gasteiger partial charge is 0.469 e. The van der Waals surface area contributed by atoms with Gasteiger partial charge in [0, 0.05) is 30.3 Å². The van der Waals surface area contributed by atoms with Gasteiger partial charge in [-0.15, -0.1) is 0 Å². The number of carbonyl (C=O) groups is 1. The van der Waals surface area contributed by atoms with E-state index in [1.807, 2.05) is 13.2 Å². The third-order valence-corrected chi connectivity index (χ3v) is 2.58. The lowest BCUT2D eigenvalue weighted by atomic mass is 9.87. The number of hydrogen-bond acceptors (Lipinski definition) is 4. The van der Waals surface area contributed by atoms with Crippen LogP contribution in [0.25, 0.3) is 0 Å². The summed E-state index contributed by atoms with van der Waals surface area (Å²) in [4.78, 5) is 11.2. The summed E-state index contributed by atoms with van der Waals surface area (Å²) in [6, 6.07) is -0.370. The van der Waals surface area contributed by atoms with E-state index in [1.54, 1.807) is 4.68 Å². The highest BCUT2D eigenvalue weighted by atomic mass is 16.5. The number of ether oxygens (including phenoxy) is 1. The van der Waals surface area contributed by atoms with Gasteiger partial charge in [-0.3, -0.25) is 9.48 Å². The molecule has 0 aliphatic rings. The van der Waals surface area contributed by atoms with E-state index in [0.717, 1.165) is 11.3 Å². The quantitative estimate of drug-likeness (QED) is 0.807. The predicted molar refractivity (Wildman–Crippen MR) is 65.5 cm³/mol. The van der Waals surface area contributed by atoms with Gasteiger partial charge in [-0.25, -0.2) is 0 Å². The van der Waals surface area contributed by atoms with Crippen molar-refractivity contribution in [2.24, 2.45) is 12.8 Å². The lowest BCUT2D eigenvalue weighted by molar-refractivity contribution is -0.141. The van der Waals surface area contributed by atoms with Gasteiger partial charge in [0.2, 0.25) is 0 Å². The Balaban J connectivity index is 3.01. The zero-order chi connectivity index (χ0) is 13.2. The number of esters is 1. The molecule has 1 heterocycles. The Morgan fingerprint density at radius 2 is 2.18 bits per heavy atom. The first kappa shape index (κ1) is 13.7. The Morgan fingerprint density at radius 1 is 1.59 bits per heavy atom. The molecule has 1 rings (SSSR count). The van der Waals surface area contributed by atoms with Crippen molar-refractivity contribution in [3.8, 4) is 0 Å². The molecule has 0 saturated heterocycles. The van der Waals surface area contributed by atoms with Crippen molar-refractivity contribution < 1.29 is 9.53 Å². The van der Waals surface area contributed by atoms with Crippen LogP contribution in [0.4, 0.5) is 0 Å². The lowest BCUT2D eigenvalue weighted by Gasteiger charge is -2.19. The van der Waals surface area contributed by atoms with Crippen LogP contribution >= 0.6 is 0 Å². The van der Waals surface area contributed by atoms with Gasteiger partial charge in [0.15, 0.2) is 0 Å². The van der Waals surface area contributed by atoms with Gasteiger partial charge in [0.05, 0.1) is 19.2 Å². The van der Waals surface area contributed by atoms with E-state index in [1.165, 1.54) is 7.11 Å². The topological polar surface area (TPSA) is 70.1 Å². The molecule has 0 amide bonds. The molecule has 0 aromatic carbocycles. The van der Waals surface area contributed by atoms with Crippen molar-refractivity contribution in [3.05, 3.63) is 17.5 Å². The molecule has 0 spiro atoms. The van der Waals surface area contributed by atoms with E-state index >= 15 is 0 Å². The van der Waals surface area contributed by atoms with Crippen LogP contribution in [0.3, 0.4) is 0 Å². The summed E-state index contributed by atoms with van der Waals surface area (Å²) in [5.74, 6) is -0.304. The minimum absolute atomic E-state index is 0.0929. The average molecular weight is 239 g/mol. The molecular weight excluding hydrogens is 218 g/mol. The zero-order valence-corrected chi connectivity index (χ0v) is 11.2. The predicted octanol–water partition coefficient (Wildman–Crippen LogP) is 1.28. The van der Waals surface area contributed by atoms with Crippen molar-refractivity contribution in [1.82, 2.24) is 9.78 Å². The Bertz CT molecular complexity index is 404. The monoisotopic (exact) mass is 239 g/mol. The van der Waals surface area contributed by atoms with E-state index in [4.69, 9.17) is 5.73 Å². The highest BCUT2D eigenvalue weighted by molar-refractivity contribution is 5.70. The molecule has 96 valence electrons. The Labute approximate surface area is 102 Å². The smallest absolute Gasteiger partial charge is 0.307 e. The summed E-state index contributed by atoms with van der Waals surface area (Å²) >= 11 is 0. The van der Waals surface area contributed by atoms with E-state index in [9.17, 15) is 4.79 Å². The fourth-order valence-electron chi connectivity index (χ4n) is 1.73. The summed E-state index contributed by atoms with van der Waals surface area (Å²) in [5, 5.41) is 4.42. The van der Waals surface area contributed by atoms with Crippen molar-refractivity contribution in [3.63, 3.8) is 0 Å². The number of carbonyl (C=O) groups excluding carboxylic acids is 1. The minimum atomic E-state index is -0.370. The van der Waals surface area contributed by atoms with E-state index in [-0.39, 0.29) is 23.8 Å². The molecule has 17 heavy (non-hydrogen) atoms. The molecule has 2 N–H and O–H groups in total. The minimum Gasteiger partial charge on any atom is -0.469 e. The van der Waals surface area contributed by atoms with E-state index in [0.29, 0.717) is 0 Å². The number of aromatic nitrogens is 2. The second-order valence-corrected chi connectivity index (χ2v) is 5.24. The van der Waals surface area contributed by atoms with Crippen LogP contribution in [0.2, 0.25) is 0 Å². The molecule has 0 fully saturated rings. The van der Waals surface area contributed by atoms with Crippen LogP contribution in [-0.2, 0) is 22.0 Å². The SMILES string of the molecule is COC(=O)C[C@@H](N)c1cn(C)nc1C(C)(C)C. The maximum absolute atomic E-state index is 11.2. The number of nitrogens with zero attached hydrogens (tertiary/aromatic N) is 2. The Morgan fingerprint density at radius 3 is 2.65 bits per heavy atom. The molecule has 1 aromatic rings. The number of rotatable bonds is 3. The number of nitrogens with two attached hydrogens (primary N) is 1. The fraction of sp³-hybridized carbons (Fsp3) is 0.667. The summed E-state index contributed by atoms with van der Waals surface area (Å²) in [6.07, 6.45) is 2.04. The molecule has 5 nitrogen and oxygen atoms in total. The first-order valence-electron chi connectivity index (χ1n) is 5.62. The lowest BCUT2D eigenvalue weighted by Crippen LogP contribution is -2.21. The normalized spacial score (nSPS) is 13.5. The van der Waals surface area contributed by atoms with Crippen LogP contribution in [0, 0.1) is 0 Å². The van der Waals surface area contributed by atoms with Gasteiger partial charge in [0.25, 0.3) is 0 Å². The van der Waals surface area contributed by atoms with Crippen molar-refractivity contribution in [1.29, 1.82) is 0 Å². The van der Waals surface area contributed by atoms with Crippen LogP contribution in [0.5, 0.6) is 0 Å². The molecule has 0 aliphatic heterocycles. The maximum Gasteiger partial charge on any atom is 0.307 e. The average Bonchev–Trinajstić information content (AvgIpc) is 2.59. The highest BCUT2D eigenvalue weighted by Gasteiger charge is 2.26. The molecule has 0 aliphatic carbocycles. The summed E-state index contributed by atoms with van der Waals surface area (Å²) in [7, 11) is 3.21. The van der Waals surface area contributed by atoms with E-state index in [2.05, 4.69) is 30.6 Å². The molecule has 0 radical (unpaired) electrons. The third kappa shape index (κ3) is 3.30. The van der Waals surface area contributed by atoms with Crippen LogP contribution < -0.4 is 5.73 Å². The third-order valence-electron chi connectivity index (χ3n) is 2.58. The van der Waals surface area contributed by atoms with Crippen molar-refractivity contribution >= 4 is 5.97 Å². The van der Waals surface area contributed by atoms with Gasteiger partial charge in [-0.05, 0) is 0 Å². The van der Waals surface area contributed by atoms with Crippen LogP contribution in [0.15, 0.2) is 6.20 Å². The highest BCUT2D eigenvalue weighted by Crippen LogP contribution is 2.28. The first-order valence-corrected chi connectivity index (χ1v) is 5.62. The second kappa shape index (κ2) is 4.87. The van der Waals surface area contributed by atoms with Crippen molar-refractivity contribution in [2.75, 3.05) is 7.11 Å². The summed E-state index contributed by atoms with van der Waals surface area (Å²) in [5.41, 5.74) is 7.77. The summed E-state index contributed by atoms with van der Waals surface area (Å²) < 4.78 is 6.36. The van der Waals surface area contributed by atoms with Crippen LogP contribution in [-0.4, -0.2) is 22.9 Å². The number of hydrogen-bond donors (Lipinski definition) is 1. The number of aryl methyl sites for hydroxylation is 1. The molecule has 0 saturated carbocycles. The Kier molecular flexibility index (Phi) is 3.93. The fourth-order valence-corrected chi connectivity index (χ4v) is 1.73. The number of methoxy groups -OCH3 is 1. The molecule has 1 aromatic heterocycles. The molecule has 0 bridgehead atoms. The standard InChI is InChI=1S/C12H21N3O2/c1-12(2,3)11-8(7-15(4)14-11)9(13)6-10(16)17-5/h7,9H,6,13H2,1-5H3/t9-/m1/s1. The summed E-state index contributed by atoms with van der Waals surface area (Å²) in [6.45, 7) is 6.22. The zero-order valence-electron chi connectivity index (χ0n) is 11.2. The van der Waals surface area contributed by atoms with Gasteiger partial charge in [-0.2, -0.15) is 5.10 Å².